The van der Waals surface area contributed by atoms with Gasteiger partial charge in [-0.05, 0) is 37.1 Å². The molecular weight excluding hydrogens is 339 g/mol. The number of aryl methyl sites for hydroxylation is 1. The number of carbonyl (C=O) groups excluding carboxylic acids is 2. The number of nitrogens with two attached hydrogens (primary N) is 1. The third-order valence-corrected chi connectivity index (χ3v) is 4.72. The van der Waals surface area contributed by atoms with E-state index in [0.29, 0.717) is 42.9 Å². The van der Waals surface area contributed by atoms with Crippen molar-refractivity contribution < 1.29 is 18.7 Å². The minimum absolute atomic E-state index is 0.185. The van der Waals surface area contributed by atoms with Crippen LogP contribution in [-0.4, -0.2) is 46.7 Å². The lowest BCUT2D eigenvalue weighted by Crippen LogP contribution is -2.41. The molecule has 0 unspecified atom stereocenters. The van der Waals surface area contributed by atoms with Gasteiger partial charge in [0.15, 0.2) is 5.69 Å². The van der Waals surface area contributed by atoms with Gasteiger partial charge in [-0.1, -0.05) is 0 Å². The number of primary amides is 1. The summed E-state index contributed by atoms with van der Waals surface area (Å²) in [5.74, 6) is -0.630. The van der Waals surface area contributed by atoms with Crippen LogP contribution >= 0.6 is 0 Å². The molecule has 0 saturated carbocycles. The van der Waals surface area contributed by atoms with Crippen molar-refractivity contribution in [2.75, 3.05) is 20.2 Å². The Morgan fingerprint density at radius 2 is 1.96 bits per heavy atom. The van der Waals surface area contributed by atoms with Crippen LogP contribution in [0.5, 0.6) is 5.75 Å². The van der Waals surface area contributed by atoms with Crippen molar-refractivity contribution in [3.8, 4) is 17.0 Å². The molecule has 7 nitrogen and oxygen atoms in total. The van der Waals surface area contributed by atoms with Crippen LogP contribution in [0.15, 0.2) is 24.3 Å². The molecule has 1 aliphatic rings. The zero-order valence-electron chi connectivity index (χ0n) is 14.7. The van der Waals surface area contributed by atoms with Crippen molar-refractivity contribution in [3.05, 3.63) is 35.8 Å². The maximum absolute atomic E-state index is 13.7. The molecule has 1 aromatic carbocycles. The average molecular weight is 360 g/mol. The van der Waals surface area contributed by atoms with Gasteiger partial charge in [-0.15, -0.1) is 0 Å². The molecule has 2 N–H and O–H groups in total. The van der Waals surface area contributed by atoms with Gasteiger partial charge in [0.1, 0.15) is 11.6 Å². The largest absolute Gasteiger partial charge is 0.496 e. The average Bonchev–Trinajstić information content (AvgIpc) is 3.02. The van der Waals surface area contributed by atoms with E-state index < -0.39 is 5.82 Å². The summed E-state index contributed by atoms with van der Waals surface area (Å²) in [6.07, 6.45) is 1.11. The van der Waals surface area contributed by atoms with E-state index in [1.165, 1.54) is 30.0 Å². The molecule has 8 heteroatoms. The molecule has 0 atom stereocenters. The highest BCUT2D eigenvalue weighted by Crippen LogP contribution is 2.31. The maximum Gasteiger partial charge on any atom is 0.274 e. The van der Waals surface area contributed by atoms with Crippen molar-refractivity contribution in [3.63, 3.8) is 0 Å². The van der Waals surface area contributed by atoms with E-state index in [4.69, 9.17) is 10.5 Å². The molecule has 2 amide bonds. The number of hydrogen-bond donors (Lipinski definition) is 1. The SMILES string of the molecule is COc1ccc(F)cc1-c1cc(C(=O)N2CCC(C(N)=O)CC2)nn1C. The molecule has 3 rings (SSSR count). The summed E-state index contributed by atoms with van der Waals surface area (Å²) in [7, 11) is 3.19. The minimum atomic E-state index is -0.400. The second kappa shape index (κ2) is 7.15. The number of hydrogen-bond acceptors (Lipinski definition) is 4. The lowest BCUT2D eigenvalue weighted by molar-refractivity contribution is -0.123. The lowest BCUT2D eigenvalue weighted by Gasteiger charge is -2.29. The first-order valence-corrected chi connectivity index (χ1v) is 8.37. The van der Waals surface area contributed by atoms with Crippen LogP contribution in [0.3, 0.4) is 0 Å². The fraction of sp³-hybridized carbons (Fsp3) is 0.389. The van der Waals surface area contributed by atoms with Gasteiger partial charge in [0, 0.05) is 31.6 Å². The summed E-state index contributed by atoms with van der Waals surface area (Å²) in [6.45, 7) is 0.920. The Morgan fingerprint density at radius 3 is 2.58 bits per heavy atom. The first kappa shape index (κ1) is 17.9. The Morgan fingerprint density at radius 1 is 1.27 bits per heavy atom. The Hall–Kier alpha value is -2.90. The normalized spacial score (nSPS) is 15.1. The van der Waals surface area contributed by atoms with Crippen LogP contribution in [0.25, 0.3) is 11.3 Å². The van der Waals surface area contributed by atoms with Gasteiger partial charge in [0.25, 0.3) is 5.91 Å². The molecule has 138 valence electrons. The highest BCUT2D eigenvalue weighted by atomic mass is 19.1. The van der Waals surface area contributed by atoms with Gasteiger partial charge >= 0.3 is 0 Å². The summed E-state index contributed by atoms with van der Waals surface area (Å²) in [5.41, 5.74) is 6.70. The standard InChI is InChI=1S/C18H21FN4O3/c1-22-15(13-9-12(19)3-4-16(13)26-2)10-14(21-22)18(25)23-7-5-11(6-8-23)17(20)24/h3-4,9-11H,5-8H2,1-2H3,(H2,20,24). The summed E-state index contributed by atoms with van der Waals surface area (Å²) < 4.78 is 20.5. The van der Waals surface area contributed by atoms with Crippen LogP contribution in [0.4, 0.5) is 4.39 Å². The molecular formula is C18H21FN4O3. The molecule has 26 heavy (non-hydrogen) atoms. The number of piperidine rings is 1. The predicted molar refractivity (Wildman–Crippen MR) is 93.0 cm³/mol. The molecule has 2 aromatic rings. The molecule has 0 aliphatic carbocycles. The first-order chi connectivity index (χ1) is 12.4. The highest BCUT2D eigenvalue weighted by molar-refractivity contribution is 5.94. The third-order valence-electron chi connectivity index (χ3n) is 4.72. The van der Waals surface area contributed by atoms with Gasteiger partial charge < -0.3 is 15.4 Å². The van der Waals surface area contributed by atoms with Gasteiger partial charge in [-0.25, -0.2) is 4.39 Å². The quantitative estimate of drug-likeness (QED) is 0.896. The summed E-state index contributed by atoms with van der Waals surface area (Å²) in [5, 5.41) is 4.28. The van der Waals surface area contributed by atoms with Crippen LogP contribution in [-0.2, 0) is 11.8 Å². The van der Waals surface area contributed by atoms with Gasteiger partial charge in [-0.2, -0.15) is 5.10 Å². The Kier molecular flexibility index (Phi) is 4.92. The smallest absolute Gasteiger partial charge is 0.274 e. The third kappa shape index (κ3) is 3.40. The summed E-state index contributed by atoms with van der Waals surface area (Å²) in [6, 6.07) is 5.82. The molecule has 1 aliphatic heterocycles. The van der Waals surface area contributed by atoms with E-state index >= 15 is 0 Å². The summed E-state index contributed by atoms with van der Waals surface area (Å²) in [4.78, 5) is 25.6. The van der Waals surface area contributed by atoms with Crippen molar-refractivity contribution in [1.29, 1.82) is 0 Å². The number of ether oxygens (including phenoxy) is 1. The monoisotopic (exact) mass is 360 g/mol. The van der Waals surface area contributed by atoms with Crippen molar-refractivity contribution in [2.24, 2.45) is 18.7 Å². The number of benzene rings is 1. The number of carbonyl (C=O) groups is 2. The topological polar surface area (TPSA) is 90.4 Å². The Balaban J connectivity index is 1.84. The van der Waals surface area contributed by atoms with E-state index in [1.807, 2.05) is 0 Å². The van der Waals surface area contributed by atoms with Gasteiger partial charge in [0.2, 0.25) is 5.91 Å². The minimum Gasteiger partial charge on any atom is -0.496 e. The summed E-state index contributed by atoms with van der Waals surface area (Å²) >= 11 is 0. The van der Waals surface area contributed by atoms with Crippen molar-refractivity contribution >= 4 is 11.8 Å². The lowest BCUT2D eigenvalue weighted by atomic mass is 9.96. The van der Waals surface area contributed by atoms with Crippen LogP contribution < -0.4 is 10.5 Å². The Labute approximate surface area is 150 Å². The maximum atomic E-state index is 13.7. The molecule has 0 bridgehead atoms. The van der Waals surface area contributed by atoms with Crippen molar-refractivity contribution in [1.82, 2.24) is 14.7 Å². The van der Waals surface area contributed by atoms with E-state index in [9.17, 15) is 14.0 Å². The van der Waals surface area contributed by atoms with Crippen LogP contribution in [0, 0.1) is 11.7 Å². The fourth-order valence-electron chi connectivity index (χ4n) is 3.23. The van der Waals surface area contributed by atoms with E-state index in [1.54, 1.807) is 18.0 Å². The number of aromatic nitrogens is 2. The van der Waals surface area contributed by atoms with Crippen LogP contribution in [0.2, 0.25) is 0 Å². The zero-order chi connectivity index (χ0) is 18.8. The molecule has 0 radical (unpaired) electrons. The van der Waals surface area contributed by atoms with Crippen LogP contribution in [0.1, 0.15) is 23.3 Å². The molecule has 0 spiro atoms. The molecule has 1 aromatic heterocycles. The number of rotatable bonds is 4. The predicted octanol–water partition coefficient (Wildman–Crippen LogP) is 1.57. The second-order valence-electron chi connectivity index (χ2n) is 6.35. The number of halogens is 1. The zero-order valence-corrected chi connectivity index (χ0v) is 14.7. The number of amides is 2. The first-order valence-electron chi connectivity index (χ1n) is 8.37. The second-order valence-corrected chi connectivity index (χ2v) is 6.35. The number of nitrogens with zero attached hydrogens (tertiary/aromatic N) is 3. The van der Waals surface area contributed by atoms with Gasteiger partial charge in [-0.3, -0.25) is 14.3 Å². The van der Waals surface area contributed by atoms with Crippen molar-refractivity contribution in [2.45, 2.75) is 12.8 Å². The fourth-order valence-corrected chi connectivity index (χ4v) is 3.23. The molecule has 1 fully saturated rings. The highest BCUT2D eigenvalue weighted by Gasteiger charge is 2.28. The Bertz CT molecular complexity index is 841. The number of methoxy groups -OCH3 is 1. The molecule has 2 heterocycles. The van der Waals surface area contributed by atoms with E-state index in [-0.39, 0.29) is 23.4 Å². The van der Waals surface area contributed by atoms with E-state index in [2.05, 4.69) is 5.10 Å². The number of likely N-dealkylation sites (tertiary alicyclic amines) is 1. The van der Waals surface area contributed by atoms with E-state index in [0.717, 1.165) is 0 Å². The van der Waals surface area contributed by atoms with Gasteiger partial charge in [0.05, 0.1) is 12.8 Å². The molecule has 1 saturated heterocycles.